The van der Waals surface area contributed by atoms with Crippen LogP contribution in [0, 0.1) is 20.2 Å². The number of nitro groups is 2. The van der Waals surface area contributed by atoms with E-state index >= 15 is 0 Å². The summed E-state index contributed by atoms with van der Waals surface area (Å²) in [5, 5.41) is 27.3. The predicted molar refractivity (Wildman–Crippen MR) is 109 cm³/mol. The van der Waals surface area contributed by atoms with Gasteiger partial charge in [0.15, 0.2) is 12.4 Å². The van der Waals surface area contributed by atoms with Gasteiger partial charge in [0.25, 0.3) is 0 Å². The fourth-order valence-electron chi connectivity index (χ4n) is 2.30. The second-order valence-electron chi connectivity index (χ2n) is 5.76. The van der Waals surface area contributed by atoms with Crippen molar-refractivity contribution in [1.82, 2.24) is 0 Å². The van der Waals surface area contributed by atoms with Gasteiger partial charge in [0.1, 0.15) is 11.8 Å². The molecule has 12 heteroatoms. The van der Waals surface area contributed by atoms with E-state index < -0.39 is 33.8 Å². The maximum atomic E-state index is 11.5. The molecule has 158 valence electrons. The van der Waals surface area contributed by atoms with E-state index in [1.807, 2.05) is 0 Å². The summed E-state index contributed by atoms with van der Waals surface area (Å²) < 4.78 is 9.85. The van der Waals surface area contributed by atoms with Gasteiger partial charge in [-0.3, -0.25) is 25.7 Å². The Morgan fingerprint density at radius 3 is 2.33 bits per heavy atom. The number of hydrazone groups is 1. The highest BCUT2D eigenvalue weighted by Gasteiger charge is 2.26. The van der Waals surface area contributed by atoms with E-state index in [0.717, 1.165) is 12.1 Å². The number of benzene rings is 2. The molecule has 0 spiro atoms. The van der Waals surface area contributed by atoms with Crippen molar-refractivity contribution in [2.24, 2.45) is 5.10 Å². The first-order chi connectivity index (χ1) is 14.2. The number of carbonyl (C=O) groups excluding carboxylic acids is 1. The summed E-state index contributed by atoms with van der Waals surface area (Å²) in [4.78, 5) is 32.5. The smallest absolute Gasteiger partial charge is 0.344 e. The Labute approximate surface area is 175 Å². The molecule has 0 aliphatic rings. The molecule has 0 atom stereocenters. The summed E-state index contributed by atoms with van der Waals surface area (Å²) in [5.41, 5.74) is 2.29. The van der Waals surface area contributed by atoms with Crippen LogP contribution in [0.5, 0.6) is 5.75 Å². The molecule has 0 aliphatic carbocycles. The Kier molecular flexibility index (Phi) is 7.64. The van der Waals surface area contributed by atoms with Crippen molar-refractivity contribution in [3.63, 3.8) is 0 Å². The number of nitro benzene ring substituents is 2. The topological polar surface area (TPSA) is 146 Å². The Balaban J connectivity index is 2.38. The first-order valence-electron chi connectivity index (χ1n) is 8.54. The summed E-state index contributed by atoms with van der Waals surface area (Å²) in [6, 6.07) is 8.50. The minimum absolute atomic E-state index is 0.107. The molecular formula is C18H17ClN4O7. The molecule has 0 heterocycles. The van der Waals surface area contributed by atoms with Gasteiger partial charge in [0.2, 0.25) is 0 Å². The van der Waals surface area contributed by atoms with Crippen LogP contribution >= 0.6 is 11.6 Å². The molecule has 0 unspecified atom stereocenters. The van der Waals surface area contributed by atoms with Gasteiger partial charge in [-0.1, -0.05) is 23.7 Å². The standard InChI is InChI=1S/C18H17ClN4O7/c1-3-29-18(24)10-30-17-8-14(15(22(25)26)9-16(17)23(27)28)21-20-11(2)12-4-6-13(19)7-5-12/h4-9,21H,3,10H2,1-2H3/b20-11-. The molecule has 0 saturated heterocycles. The largest absolute Gasteiger partial charge is 0.475 e. The SMILES string of the molecule is CCOC(=O)COc1cc(N/N=C(/C)c2ccc(Cl)cc2)c([N+](=O)[O-])cc1[N+](=O)[O-]. The third kappa shape index (κ3) is 5.88. The van der Waals surface area contributed by atoms with E-state index in [4.69, 9.17) is 21.1 Å². The van der Waals surface area contributed by atoms with Crippen molar-refractivity contribution in [3.05, 3.63) is 67.2 Å². The molecule has 0 bridgehead atoms. The third-order valence-corrected chi connectivity index (χ3v) is 3.98. The maximum Gasteiger partial charge on any atom is 0.344 e. The highest BCUT2D eigenvalue weighted by molar-refractivity contribution is 6.30. The molecule has 0 saturated carbocycles. The number of nitrogens with one attached hydrogen (secondary N) is 1. The average molecular weight is 437 g/mol. The Hall–Kier alpha value is -3.73. The molecule has 1 N–H and O–H groups in total. The second kappa shape index (κ2) is 10.2. The molecule has 0 fully saturated rings. The predicted octanol–water partition coefficient (Wildman–Crippen LogP) is 3.93. The van der Waals surface area contributed by atoms with Crippen molar-refractivity contribution in [2.75, 3.05) is 18.6 Å². The lowest BCUT2D eigenvalue weighted by molar-refractivity contribution is -0.394. The average Bonchev–Trinajstić information content (AvgIpc) is 2.70. The first-order valence-corrected chi connectivity index (χ1v) is 8.92. The zero-order valence-electron chi connectivity index (χ0n) is 16.0. The lowest BCUT2D eigenvalue weighted by Gasteiger charge is -2.09. The van der Waals surface area contributed by atoms with Gasteiger partial charge in [0.05, 0.1) is 22.2 Å². The Morgan fingerprint density at radius 1 is 1.13 bits per heavy atom. The summed E-state index contributed by atoms with van der Waals surface area (Å²) in [7, 11) is 0. The fourth-order valence-corrected chi connectivity index (χ4v) is 2.42. The van der Waals surface area contributed by atoms with Crippen LogP contribution in [0.25, 0.3) is 0 Å². The summed E-state index contributed by atoms with van der Waals surface area (Å²) in [6.07, 6.45) is 0. The van der Waals surface area contributed by atoms with E-state index in [2.05, 4.69) is 10.5 Å². The van der Waals surface area contributed by atoms with Crippen molar-refractivity contribution in [2.45, 2.75) is 13.8 Å². The van der Waals surface area contributed by atoms with Crippen LogP contribution in [-0.2, 0) is 9.53 Å². The fraction of sp³-hybridized carbons (Fsp3) is 0.222. The third-order valence-electron chi connectivity index (χ3n) is 3.73. The minimum atomic E-state index is -0.848. The number of hydrogen-bond acceptors (Lipinski definition) is 9. The molecule has 2 aromatic carbocycles. The van der Waals surface area contributed by atoms with Crippen molar-refractivity contribution in [3.8, 4) is 5.75 Å². The number of hydrogen-bond donors (Lipinski definition) is 1. The lowest BCUT2D eigenvalue weighted by Crippen LogP contribution is -2.15. The van der Waals surface area contributed by atoms with E-state index in [0.29, 0.717) is 16.3 Å². The van der Waals surface area contributed by atoms with Crippen LogP contribution in [-0.4, -0.2) is 34.7 Å². The maximum absolute atomic E-state index is 11.5. The second-order valence-corrected chi connectivity index (χ2v) is 6.20. The normalized spacial score (nSPS) is 11.0. The van der Waals surface area contributed by atoms with Gasteiger partial charge in [-0.2, -0.15) is 5.10 Å². The van der Waals surface area contributed by atoms with E-state index in [1.54, 1.807) is 38.1 Å². The van der Waals surface area contributed by atoms with Crippen molar-refractivity contribution in [1.29, 1.82) is 0 Å². The Bertz CT molecular complexity index is 993. The van der Waals surface area contributed by atoms with Gasteiger partial charge < -0.3 is 9.47 Å². The number of anilines is 1. The molecule has 2 rings (SSSR count). The van der Waals surface area contributed by atoms with Crippen LogP contribution in [0.3, 0.4) is 0 Å². The van der Waals surface area contributed by atoms with E-state index in [9.17, 15) is 25.0 Å². The highest BCUT2D eigenvalue weighted by Crippen LogP contribution is 2.37. The number of rotatable bonds is 9. The molecule has 0 aromatic heterocycles. The number of nitrogens with zero attached hydrogens (tertiary/aromatic N) is 3. The minimum Gasteiger partial charge on any atom is -0.475 e. The summed E-state index contributed by atoms with van der Waals surface area (Å²) in [5.74, 6) is -1.09. The number of esters is 1. The molecule has 30 heavy (non-hydrogen) atoms. The first kappa shape index (κ1) is 22.6. The Morgan fingerprint density at radius 2 is 1.77 bits per heavy atom. The zero-order chi connectivity index (χ0) is 22.3. The number of carbonyl (C=O) groups is 1. The van der Waals surface area contributed by atoms with Crippen LogP contribution in [0.2, 0.25) is 5.02 Å². The quantitative estimate of drug-likeness (QED) is 0.269. The highest BCUT2D eigenvalue weighted by atomic mass is 35.5. The molecule has 2 aromatic rings. The van der Waals surface area contributed by atoms with Gasteiger partial charge in [-0.05, 0) is 31.5 Å². The lowest BCUT2D eigenvalue weighted by atomic mass is 10.1. The van der Waals surface area contributed by atoms with E-state index in [-0.39, 0.29) is 18.0 Å². The molecule has 0 amide bonds. The van der Waals surface area contributed by atoms with Gasteiger partial charge in [0, 0.05) is 11.1 Å². The van der Waals surface area contributed by atoms with Crippen LogP contribution in [0.15, 0.2) is 41.5 Å². The molecule has 0 radical (unpaired) electrons. The van der Waals surface area contributed by atoms with Crippen LogP contribution in [0.1, 0.15) is 19.4 Å². The number of ether oxygens (including phenoxy) is 2. The summed E-state index contributed by atoms with van der Waals surface area (Å²) >= 11 is 5.84. The van der Waals surface area contributed by atoms with Gasteiger partial charge >= 0.3 is 17.3 Å². The summed E-state index contributed by atoms with van der Waals surface area (Å²) in [6.45, 7) is 2.76. The van der Waals surface area contributed by atoms with Crippen LogP contribution < -0.4 is 10.2 Å². The van der Waals surface area contributed by atoms with Gasteiger partial charge in [-0.25, -0.2) is 4.79 Å². The number of halogens is 1. The molecular weight excluding hydrogens is 420 g/mol. The monoisotopic (exact) mass is 436 g/mol. The molecule has 11 nitrogen and oxygen atoms in total. The van der Waals surface area contributed by atoms with Gasteiger partial charge in [-0.15, -0.1) is 0 Å². The van der Waals surface area contributed by atoms with Crippen molar-refractivity contribution >= 4 is 40.3 Å². The van der Waals surface area contributed by atoms with Crippen LogP contribution in [0.4, 0.5) is 17.1 Å². The zero-order valence-corrected chi connectivity index (χ0v) is 16.7. The molecule has 0 aliphatic heterocycles. The van der Waals surface area contributed by atoms with E-state index in [1.165, 1.54) is 0 Å². The van der Waals surface area contributed by atoms with Crippen molar-refractivity contribution < 1.29 is 24.1 Å².